The van der Waals surface area contributed by atoms with Crippen LogP contribution in [0, 0.1) is 0 Å². The molecule has 2 aromatic rings. The first-order valence-corrected chi connectivity index (χ1v) is 7.01. The van der Waals surface area contributed by atoms with Gasteiger partial charge < -0.3 is 14.8 Å². The van der Waals surface area contributed by atoms with Crippen molar-refractivity contribution in [3.05, 3.63) is 48.0 Å². The first-order chi connectivity index (χ1) is 11.9. The SMILES string of the molecule is O=CN(C(=O)Nc1cccc(C(F)(F)F)c1)c1ccc2c(c1)OCO2. The van der Waals surface area contributed by atoms with Crippen LogP contribution in [0.25, 0.3) is 0 Å². The first-order valence-electron chi connectivity index (χ1n) is 7.01. The van der Waals surface area contributed by atoms with E-state index in [-0.39, 0.29) is 24.6 Å². The summed E-state index contributed by atoms with van der Waals surface area (Å²) in [5, 5.41) is 2.26. The Labute approximate surface area is 139 Å². The molecular formula is C16H11F3N2O4. The predicted molar refractivity (Wildman–Crippen MR) is 81.6 cm³/mol. The van der Waals surface area contributed by atoms with E-state index in [2.05, 4.69) is 5.32 Å². The normalized spacial score (nSPS) is 12.6. The molecule has 0 radical (unpaired) electrons. The van der Waals surface area contributed by atoms with Crippen molar-refractivity contribution in [1.29, 1.82) is 0 Å². The molecule has 0 saturated carbocycles. The second-order valence-electron chi connectivity index (χ2n) is 5.02. The molecule has 0 unspecified atom stereocenters. The third-order valence-corrected chi connectivity index (χ3v) is 3.40. The highest BCUT2D eigenvalue weighted by molar-refractivity contribution is 6.12. The smallest absolute Gasteiger partial charge is 0.416 e. The van der Waals surface area contributed by atoms with E-state index in [0.29, 0.717) is 16.4 Å². The number of carbonyl (C=O) groups excluding carboxylic acids is 2. The summed E-state index contributed by atoms with van der Waals surface area (Å²) in [7, 11) is 0. The topological polar surface area (TPSA) is 67.9 Å². The van der Waals surface area contributed by atoms with Crippen molar-refractivity contribution < 1.29 is 32.2 Å². The Hall–Kier alpha value is -3.23. The molecule has 0 atom stereocenters. The second-order valence-corrected chi connectivity index (χ2v) is 5.02. The van der Waals surface area contributed by atoms with Gasteiger partial charge in [-0.25, -0.2) is 9.69 Å². The number of alkyl halides is 3. The van der Waals surface area contributed by atoms with Crippen LogP contribution in [0.15, 0.2) is 42.5 Å². The Kier molecular flexibility index (Phi) is 4.22. The van der Waals surface area contributed by atoms with Gasteiger partial charge in [-0.3, -0.25) is 4.79 Å². The summed E-state index contributed by atoms with van der Waals surface area (Å²) < 4.78 is 48.4. The second kappa shape index (κ2) is 6.34. The standard InChI is InChI=1S/C16H11F3N2O4/c17-16(18,19)10-2-1-3-11(6-10)20-15(23)21(8-22)12-4-5-13-14(7-12)25-9-24-13/h1-8H,9H2,(H,20,23). The number of nitrogens with zero attached hydrogens (tertiary/aromatic N) is 1. The molecule has 0 aromatic heterocycles. The van der Waals surface area contributed by atoms with Crippen molar-refractivity contribution in [3.8, 4) is 11.5 Å². The van der Waals surface area contributed by atoms with Crippen molar-refractivity contribution in [2.75, 3.05) is 17.0 Å². The Balaban J connectivity index is 1.80. The Bertz CT molecular complexity index is 823. The fourth-order valence-electron chi connectivity index (χ4n) is 2.22. The third kappa shape index (κ3) is 3.49. The number of nitrogens with one attached hydrogen (secondary N) is 1. The number of hydrogen-bond donors (Lipinski definition) is 1. The van der Waals surface area contributed by atoms with Crippen LogP contribution in [0.3, 0.4) is 0 Å². The highest BCUT2D eigenvalue weighted by Gasteiger charge is 2.30. The maximum Gasteiger partial charge on any atom is 0.416 e. The fourth-order valence-corrected chi connectivity index (χ4v) is 2.22. The zero-order chi connectivity index (χ0) is 18.0. The molecule has 0 aliphatic carbocycles. The van der Waals surface area contributed by atoms with E-state index in [1.165, 1.54) is 24.3 Å². The van der Waals surface area contributed by atoms with Crippen LogP contribution in [0.1, 0.15) is 5.56 Å². The van der Waals surface area contributed by atoms with Crippen LogP contribution >= 0.6 is 0 Å². The summed E-state index contributed by atoms with van der Waals surface area (Å²) in [6.45, 7) is 0.0241. The zero-order valence-corrected chi connectivity index (χ0v) is 12.5. The lowest BCUT2D eigenvalue weighted by atomic mass is 10.2. The Morgan fingerprint density at radius 3 is 2.60 bits per heavy atom. The van der Waals surface area contributed by atoms with Crippen molar-refractivity contribution in [2.24, 2.45) is 0 Å². The number of anilines is 2. The number of halogens is 3. The molecule has 0 fully saturated rings. The van der Waals surface area contributed by atoms with Crippen LogP contribution in [-0.4, -0.2) is 19.2 Å². The van der Waals surface area contributed by atoms with Gasteiger partial charge in [-0.15, -0.1) is 0 Å². The minimum atomic E-state index is -4.54. The molecule has 2 aromatic carbocycles. The number of rotatable bonds is 3. The summed E-state index contributed by atoms with van der Waals surface area (Å²) in [4.78, 5) is 24.2. The number of hydrogen-bond acceptors (Lipinski definition) is 4. The Morgan fingerprint density at radius 1 is 1.12 bits per heavy atom. The summed E-state index contributed by atoms with van der Waals surface area (Å²) in [5.74, 6) is 0.823. The molecule has 3 amide bonds. The minimum Gasteiger partial charge on any atom is -0.454 e. The van der Waals surface area contributed by atoms with Crippen LogP contribution in [-0.2, 0) is 11.0 Å². The molecule has 1 heterocycles. The molecule has 1 aliphatic heterocycles. The van der Waals surface area contributed by atoms with Crippen LogP contribution in [0.4, 0.5) is 29.3 Å². The molecule has 0 bridgehead atoms. The van der Waals surface area contributed by atoms with Crippen molar-refractivity contribution in [3.63, 3.8) is 0 Å². The number of imide groups is 1. The maximum absolute atomic E-state index is 12.7. The summed E-state index contributed by atoms with van der Waals surface area (Å²) in [6, 6.07) is 7.58. The van der Waals surface area contributed by atoms with Gasteiger partial charge in [0.05, 0.1) is 11.3 Å². The molecule has 9 heteroatoms. The van der Waals surface area contributed by atoms with Crippen molar-refractivity contribution in [1.82, 2.24) is 0 Å². The van der Waals surface area contributed by atoms with Crippen LogP contribution in [0.5, 0.6) is 11.5 Å². The van der Waals surface area contributed by atoms with Crippen molar-refractivity contribution in [2.45, 2.75) is 6.18 Å². The number of carbonyl (C=O) groups is 2. The lowest BCUT2D eigenvalue weighted by Gasteiger charge is -2.17. The van der Waals surface area contributed by atoms with E-state index in [0.717, 1.165) is 18.2 Å². The van der Waals surface area contributed by atoms with Gasteiger partial charge in [0.2, 0.25) is 13.2 Å². The number of ether oxygens (including phenoxy) is 2. The average molecular weight is 352 g/mol. The van der Waals surface area contributed by atoms with Gasteiger partial charge in [-0.2, -0.15) is 13.2 Å². The molecule has 3 rings (SSSR count). The minimum absolute atomic E-state index is 0.0241. The summed E-state index contributed by atoms with van der Waals surface area (Å²) in [5.41, 5.74) is -0.817. The lowest BCUT2D eigenvalue weighted by Crippen LogP contribution is -2.33. The van der Waals surface area contributed by atoms with E-state index in [1.54, 1.807) is 0 Å². The summed E-state index contributed by atoms with van der Waals surface area (Å²) >= 11 is 0. The van der Waals surface area contributed by atoms with Gasteiger partial charge in [-0.1, -0.05) is 6.07 Å². The number of urea groups is 1. The molecule has 0 spiro atoms. The fraction of sp³-hybridized carbons (Fsp3) is 0.125. The van der Waals surface area contributed by atoms with Crippen LogP contribution < -0.4 is 19.7 Å². The molecule has 25 heavy (non-hydrogen) atoms. The summed E-state index contributed by atoms with van der Waals surface area (Å²) in [6.07, 6.45) is -4.29. The maximum atomic E-state index is 12.7. The molecule has 1 N–H and O–H groups in total. The number of benzene rings is 2. The highest BCUT2D eigenvalue weighted by atomic mass is 19.4. The zero-order valence-electron chi connectivity index (χ0n) is 12.5. The predicted octanol–water partition coefficient (Wildman–Crippen LogP) is 3.63. The Morgan fingerprint density at radius 2 is 1.88 bits per heavy atom. The number of fused-ring (bicyclic) bond motifs is 1. The number of amides is 3. The van der Waals surface area contributed by atoms with E-state index < -0.39 is 17.8 Å². The lowest BCUT2D eigenvalue weighted by molar-refractivity contribution is -0.137. The highest BCUT2D eigenvalue weighted by Crippen LogP contribution is 2.35. The largest absolute Gasteiger partial charge is 0.454 e. The first kappa shape index (κ1) is 16.6. The molecule has 0 saturated heterocycles. The monoisotopic (exact) mass is 352 g/mol. The quantitative estimate of drug-likeness (QED) is 0.857. The molecule has 6 nitrogen and oxygen atoms in total. The average Bonchev–Trinajstić information content (AvgIpc) is 3.03. The van der Waals surface area contributed by atoms with E-state index in [9.17, 15) is 22.8 Å². The van der Waals surface area contributed by atoms with E-state index in [1.807, 2.05) is 0 Å². The van der Waals surface area contributed by atoms with Crippen molar-refractivity contribution >= 4 is 23.8 Å². The molecular weight excluding hydrogens is 341 g/mol. The van der Waals surface area contributed by atoms with Gasteiger partial charge in [0.15, 0.2) is 11.5 Å². The van der Waals surface area contributed by atoms with E-state index in [4.69, 9.17) is 9.47 Å². The van der Waals surface area contributed by atoms with Gasteiger partial charge in [0.25, 0.3) is 0 Å². The molecule has 130 valence electrons. The third-order valence-electron chi connectivity index (χ3n) is 3.40. The van der Waals surface area contributed by atoms with Gasteiger partial charge >= 0.3 is 12.2 Å². The van der Waals surface area contributed by atoms with Gasteiger partial charge in [0.1, 0.15) is 0 Å². The molecule has 1 aliphatic rings. The van der Waals surface area contributed by atoms with Crippen LogP contribution in [0.2, 0.25) is 0 Å². The van der Waals surface area contributed by atoms with Gasteiger partial charge in [0, 0.05) is 11.8 Å². The van der Waals surface area contributed by atoms with E-state index >= 15 is 0 Å². The van der Waals surface area contributed by atoms with Gasteiger partial charge in [-0.05, 0) is 30.3 Å².